The Morgan fingerprint density at radius 1 is 0.345 bits per heavy atom. The van der Waals surface area contributed by atoms with Gasteiger partial charge in [-0.15, -0.1) is 0 Å². The Bertz CT molecular complexity index is 3180. The second-order valence-electron chi connectivity index (χ2n) is 15.6. The number of fused-ring (bicyclic) bond motifs is 6. The first kappa shape index (κ1) is 34.8. The summed E-state index contributed by atoms with van der Waals surface area (Å²) in [6.07, 6.45) is 0. The topological polar surface area (TPSA) is 57.4 Å². The monoisotopic (exact) mass is 742 g/mol. The number of rotatable bonds is 5. The van der Waals surface area contributed by atoms with Gasteiger partial charge in [-0.2, -0.15) is 10.5 Å². The van der Waals surface area contributed by atoms with Crippen molar-refractivity contribution in [3.63, 3.8) is 0 Å². The number of nitriles is 2. The Labute approximate surface area is 337 Å². The zero-order valence-corrected chi connectivity index (χ0v) is 32.8. The summed E-state index contributed by atoms with van der Waals surface area (Å²) in [5.41, 5.74) is 18.2. The average Bonchev–Trinajstić information content (AvgIpc) is 3.74. The van der Waals surface area contributed by atoms with E-state index in [0.717, 1.165) is 77.2 Å². The summed E-state index contributed by atoms with van der Waals surface area (Å²) in [6.45, 7) is 8.56. The smallest absolute Gasteiger partial charge is 0.104 e. The first-order chi connectivity index (χ1) is 28.3. The highest BCUT2D eigenvalue weighted by atomic mass is 15.0. The Morgan fingerprint density at radius 3 is 1.24 bits per heavy atom. The molecule has 8 aromatic carbocycles. The molecule has 10 rings (SSSR count). The molecule has 0 aliphatic carbocycles. The van der Waals surface area contributed by atoms with E-state index in [-0.39, 0.29) is 0 Å². The molecule has 0 fully saturated rings. The minimum atomic E-state index is 0.558. The molecule has 0 spiro atoms. The Morgan fingerprint density at radius 2 is 0.776 bits per heavy atom. The predicted molar refractivity (Wildman–Crippen MR) is 240 cm³/mol. The quantitative estimate of drug-likeness (QED) is 0.176. The van der Waals surface area contributed by atoms with Gasteiger partial charge in [0.05, 0.1) is 45.1 Å². The lowest BCUT2D eigenvalue weighted by Gasteiger charge is -2.18. The molecule has 4 nitrogen and oxygen atoms in total. The van der Waals surface area contributed by atoms with E-state index in [9.17, 15) is 10.5 Å². The highest BCUT2D eigenvalue weighted by Crippen LogP contribution is 2.42. The van der Waals surface area contributed by atoms with Crippen LogP contribution in [-0.4, -0.2) is 9.13 Å². The van der Waals surface area contributed by atoms with Crippen molar-refractivity contribution in [1.82, 2.24) is 9.13 Å². The second-order valence-corrected chi connectivity index (χ2v) is 15.6. The van der Waals surface area contributed by atoms with Gasteiger partial charge >= 0.3 is 0 Å². The fourth-order valence-corrected chi connectivity index (χ4v) is 9.12. The minimum absolute atomic E-state index is 0.558. The van der Waals surface area contributed by atoms with Gasteiger partial charge < -0.3 is 9.13 Å². The average molecular weight is 743 g/mol. The fraction of sp³-hybridized carbons (Fsp3) is 0.0741. The molecule has 0 bridgehead atoms. The molecule has 10 aromatic rings. The Kier molecular flexibility index (Phi) is 8.11. The third-order valence-electron chi connectivity index (χ3n) is 11.5. The number of nitrogens with zero attached hydrogens (tertiary/aromatic N) is 4. The standard InChI is InChI=1S/C54H38N4/c1-33-20-34(2)23-41(22-33)39-16-18-51-46(27-39)44-12-5-7-14-49(44)57(51)53-29-43(38-11-9-10-37(26-38)31-55)30-54(48(53)32-56)58-50-15-8-6-13-45(50)47-28-40(17-19-52(47)58)42-24-35(3)21-36(4)25-42/h5-30H,1-4H3. The molecule has 0 radical (unpaired) electrons. The van der Waals surface area contributed by atoms with Crippen LogP contribution >= 0.6 is 0 Å². The van der Waals surface area contributed by atoms with Crippen LogP contribution in [0.5, 0.6) is 0 Å². The fourth-order valence-electron chi connectivity index (χ4n) is 9.12. The van der Waals surface area contributed by atoms with Crippen molar-refractivity contribution in [3.05, 3.63) is 191 Å². The lowest BCUT2D eigenvalue weighted by atomic mass is 9.98. The summed E-state index contributed by atoms with van der Waals surface area (Å²) < 4.78 is 4.50. The van der Waals surface area contributed by atoms with Crippen molar-refractivity contribution >= 4 is 43.6 Å². The number of aromatic nitrogens is 2. The molecule has 2 aromatic heterocycles. The van der Waals surface area contributed by atoms with Crippen LogP contribution in [-0.2, 0) is 0 Å². The molecular weight excluding hydrogens is 705 g/mol. The Balaban J connectivity index is 1.29. The van der Waals surface area contributed by atoms with E-state index in [1.54, 1.807) is 0 Å². The van der Waals surface area contributed by atoms with E-state index in [4.69, 9.17) is 0 Å². The zero-order chi connectivity index (χ0) is 39.7. The summed E-state index contributed by atoms with van der Waals surface area (Å²) in [7, 11) is 0. The van der Waals surface area contributed by atoms with Crippen LogP contribution in [0.3, 0.4) is 0 Å². The molecule has 2 heterocycles. The molecule has 4 heteroatoms. The first-order valence-corrected chi connectivity index (χ1v) is 19.6. The molecule has 0 unspecified atom stereocenters. The Hall–Kier alpha value is -7.66. The largest absolute Gasteiger partial charge is 0.308 e. The molecule has 0 N–H and O–H groups in total. The van der Waals surface area contributed by atoms with Crippen molar-refractivity contribution < 1.29 is 0 Å². The maximum Gasteiger partial charge on any atom is 0.104 e. The van der Waals surface area contributed by atoms with Crippen LogP contribution in [0.25, 0.3) is 88.4 Å². The van der Waals surface area contributed by atoms with E-state index < -0.39 is 0 Å². The van der Waals surface area contributed by atoms with Gasteiger partial charge in [0.2, 0.25) is 0 Å². The molecule has 0 saturated carbocycles. The van der Waals surface area contributed by atoms with Crippen LogP contribution in [0.4, 0.5) is 0 Å². The van der Waals surface area contributed by atoms with E-state index >= 15 is 0 Å². The highest BCUT2D eigenvalue weighted by molar-refractivity contribution is 6.12. The van der Waals surface area contributed by atoms with Gasteiger partial charge in [-0.3, -0.25) is 0 Å². The number of hydrogen-bond donors (Lipinski definition) is 0. The van der Waals surface area contributed by atoms with Gasteiger partial charge in [0.25, 0.3) is 0 Å². The van der Waals surface area contributed by atoms with Gasteiger partial charge in [-0.25, -0.2) is 0 Å². The SMILES string of the molecule is Cc1cc(C)cc(-c2ccc3c(c2)c2ccccc2n3-c2cc(-c3cccc(C#N)c3)cc(-n3c4ccccc4c4cc(-c5cc(C)cc(C)c5)ccc43)c2C#N)c1. The number of aryl methyl sites for hydroxylation is 4. The summed E-state index contributed by atoms with van der Waals surface area (Å²) >= 11 is 0. The van der Waals surface area contributed by atoms with E-state index in [1.807, 2.05) is 24.3 Å². The predicted octanol–water partition coefficient (Wildman–Crippen LogP) is 13.9. The summed E-state index contributed by atoms with van der Waals surface area (Å²) in [5, 5.41) is 25.8. The lowest BCUT2D eigenvalue weighted by molar-refractivity contribution is 1.12. The summed E-state index contributed by atoms with van der Waals surface area (Å²) in [4.78, 5) is 0. The van der Waals surface area contributed by atoms with Crippen LogP contribution in [0.2, 0.25) is 0 Å². The molecule has 0 saturated heterocycles. The third-order valence-corrected chi connectivity index (χ3v) is 11.5. The van der Waals surface area contributed by atoms with E-state index in [2.05, 4.69) is 182 Å². The maximum atomic E-state index is 11.4. The van der Waals surface area contributed by atoms with Gasteiger partial charge in [0, 0.05) is 21.5 Å². The van der Waals surface area contributed by atoms with E-state index in [1.165, 1.54) is 33.4 Å². The van der Waals surface area contributed by atoms with Crippen molar-refractivity contribution in [2.45, 2.75) is 27.7 Å². The van der Waals surface area contributed by atoms with Crippen molar-refractivity contribution in [3.8, 4) is 56.9 Å². The molecule has 0 aliphatic rings. The van der Waals surface area contributed by atoms with Gasteiger partial charge in [-0.1, -0.05) is 119 Å². The van der Waals surface area contributed by atoms with Gasteiger partial charge in [-0.05, 0) is 122 Å². The molecule has 0 aliphatic heterocycles. The van der Waals surface area contributed by atoms with Crippen LogP contribution < -0.4 is 0 Å². The summed E-state index contributed by atoms with van der Waals surface area (Å²) in [6, 6.07) is 60.6. The first-order valence-electron chi connectivity index (χ1n) is 19.6. The number of para-hydroxylation sites is 2. The van der Waals surface area contributed by atoms with Gasteiger partial charge in [0.15, 0.2) is 0 Å². The molecular formula is C54H38N4. The molecule has 274 valence electrons. The maximum absolute atomic E-state index is 11.4. The van der Waals surface area contributed by atoms with Crippen LogP contribution in [0, 0.1) is 50.4 Å². The minimum Gasteiger partial charge on any atom is -0.308 e. The third kappa shape index (κ3) is 5.66. The van der Waals surface area contributed by atoms with Gasteiger partial charge in [0.1, 0.15) is 11.6 Å². The van der Waals surface area contributed by atoms with Crippen molar-refractivity contribution in [1.29, 1.82) is 10.5 Å². The normalized spacial score (nSPS) is 11.4. The van der Waals surface area contributed by atoms with Crippen LogP contribution in [0.15, 0.2) is 158 Å². The molecule has 58 heavy (non-hydrogen) atoms. The number of benzene rings is 8. The number of hydrogen-bond acceptors (Lipinski definition) is 2. The second kappa shape index (κ2) is 13.5. The molecule has 0 atom stereocenters. The summed E-state index contributed by atoms with van der Waals surface area (Å²) in [5.74, 6) is 0. The van der Waals surface area contributed by atoms with Crippen molar-refractivity contribution in [2.75, 3.05) is 0 Å². The zero-order valence-electron chi connectivity index (χ0n) is 32.8. The lowest BCUT2D eigenvalue weighted by Crippen LogP contribution is -2.05. The van der Waals surface area contributed by atoms with Crippen molar-refractivity contribution in [2.24, 2.45) is 0 Å². The van der Waals surface area contributed by atoms with Crippen LogP contribution in [0.1, 0.15) is 33.4 Å². The highest BCUT2D eigenvalue weighted by Gasteiger charge is 2.23. The van der Waals surface area contributed by atoms with E-state index in [0.29, 0.717) is 11.1 Å². The molecule has 0 amide bonds.